The first-order valence-electron chi connectivity index (χ1n) is 4.93. The van der Waals surface area contributed by atoms with Crippen LogP contribution in [0.4, 0.5) is 4.39 Å². The monoisotopic (exact) mass is 221 g/mol. The molecule has 2 aromatic rings. The average molecular weight is 221 g/mol. The Morgan fingerprint density at radius 3 is 3.00 bits per heavy atom. The van der Waals surface area contributed by atoms with Crippen LogP contribution in [-0.2, 0) is 7.05 Å². The summed E-state index contributed by atoms with van der Waals surface area (Å²) in [4.78, 5) is 11.7. The third-order valence-electron chi connectivity index (χ3n) is 2.41. The van der Waals surface area contributed by atoms with Crippen LogP contribution in [0, 0.1) is 5.82 Å². The first-order chi connectivity index (χ1) is 7.63. The van der Waals surface area contributed by atoms with Gasteiger partial charge in [0.05, 0.1) is 12.1 Å². The Labute approximate surface area is 92.1 Å². The second-order valence-electron chi connectivity index (χ2n) is 3.59. The number of hydrogen-bond acceptors (Lipinski definition) is 3. The zero-order valence-corrected chi connectivity index (χ0v) is 9.12. The van der Waals surface area contributed by atoms with Gasteiger partial charge in [0.1, 0.15) is 11.5 Å². The number of hydrogen-bond donors (Lipinski definition) is 1. The van der Waals surface area contributed by atoms with Crippen LogP contribution >= 0.6 is 0 Å². The highest BCUT2D eigenvalue weighted by atomic mass is 19.1. The van der Waals surface area contributed by atoms with Crippen molar-refractivity contribution in [3.8, 4) is 0 Å². The summed E-state index contributed by atoms with van der Waals surface area (Å²) in [5.74, 6) is -0.502. The SMILES string of the molecule is CNCC(=O)c1nn(C)c2ccc(F)cc12. The van der Waals surface area contributed by atoms with E-state index in [0.717, 1.165) is 5.52 Å². The molecule has 0 atom stereocenters. The molecule has 0 radical (unpaired) electrons. The van der Waals surface area contributed by atoms with Crippen molar-refractivity contribution in [2.75, 3.05) is 13.6 Å². The number of aryl methyl sites for hydroxylation is 1. The summed E-state index contributed by atoms with van der Waals surface area (Å²) in [5, 5.41) is 7.43. The Morgan fingerprint density at radius 1 is 1.56 bits per heavy atom. The molecule has 0 fully saturated rings. The van der Waals surface area contributed by atoms with Crippen molar-refractivity contribution in [3.63, 3.8) is 0 Å². The number of Topliss-reactive ketones (excluding diaryl/α,β-unsaturated/α-hetero) is 1. The van der Waals surface area contributed by atoms with Gasteiger partial charge < -0.3 is 5.32 Å². The van der Waals surface area contributed by atoms with Gasteiger partial charge in [-0.05, 0) is 25.2 Å². The maximum Gasteiger partial charge on any atom is 0.197 e. The van der Waals surface area contributed by atoms with Crippen molar-refractivity contribution in [2.45, 2.75) is 0 Å². The van der Waals surface area contributed by atoms with Crippen molar-refractivity contribution in [1.29, 1.82) is 0 Å². The lowest BCUT2D eigenvalue weighted by Gasteiger charge is -1.96. The molecule has 0 saturated carbocycles. The summed E-state index contributed by atoms with van der Waals surface area (Å²) >= 11 is 0. The minimum Gasteiger partial charge on any atom is -0.313 e. The number of rotatable bonds is 3. The van der Waals surface area contributed by atoms with Gasteiger partial charge in [0.25, 0.3) is 0 Å². The number of nitrogens with zero attached hydrogens (tertiary/aromatic N) is 2. The molecule has 4 nitrogen and oxygen atoms in total. The Kier molecular flexibility index (Phi) is 2.70. The molecule has 0 unspecified atom stereocenters. The highest BCUT2D eigenvalue weighted by molar-refractivity contribution is 6.06. The third kappa shape index (κ3) is 1.69. The van der Waals surface area contributed by atoms with Crippen molar-refractivity contribution < 1.29 is 9.18 Å². The molecular formula is C11H12FN3O. The van der Waals surface area contributed by atoms with Gasteiger partial charge in [-0.15, -0.1) is 0 Å². The molecule has 84 valence electrons. The van der Waals surface area contributed by atoms with Crippen LogP contribution in [0.5, 0.6) is 0 Å². The minimum atomic E-state index is -0.362. The maximum absolute atomic E-state index is 13.1. The van der Waals surface area contributed by atoms with Crippen molar-refractivity contribution in [1.82, 2.24) is 15.1 Å². The second kappa shape index (κ2) is 4.02. The smallest absolute Gasteiger partial charge is 0.197 e. The number of ketones is 1. The number of benzene rings is 1. The van der Waals surface area contributed by atoms with Crippen LogP contribution in [0.25, 0.3) is 10.9 Å². The van der Waals surface area contributed by atoms with Gasteiger partial charge in [0.2, 0.25) is 0 Å². The van der Waals surface area contributed by atoms with Gasteiger partial charge in [-0.3, -0.25) is 9.48 Å². The highest BCUT2D eigenvalue weighted by Crippen LogP contribution is 2.19. The van der Waals surface area contributed by atoms with Crippen LogP contribution in [-0.4, -0.2) is 29.2 Å². The average Bonchev–Trinajstić information content (AvgIpc) is 2.56. The van der Waals surface area contributed by atoms with E-state index in [4.69, 9.17) is 0 Å². The molecule has 0 bridgehead atoms. The lowest BCUT2D eigenvalue weighted by Crippen LogP contribution is -2.19. The van der Waals surface area contributed by atoms with Gasteiger partial charge >= 0.3 is 0 Å². The standard InChI is InChI=1S/C11H12FN3O/c1-13-6-10(16)11-8-5-7(12)3-4-9(8)15(2)14-11/h3-5,13H,6H2,1-2H3. The normalized spacial score (nSPS) is 10.9. The first-order valence-corrected chi connectivity index (χ1v) is 4.93. The Bertz CT molecular complexity index is 547. The molecule has 1 aromatic carbocycles. The Morgan fingerprint density at radius 2 is 2.31 bits per heavy atom. The number of nitrogens with one attached hydrogen (secondary N) is 1. The van der Waals surface area contributed by atoms with E-state index >= 15 is 0 Å². The zero-order chi connectivity index (χ0) is 11.7. The van der Waals surface area contributed by atoms with Gasteiger partial charge in [0.15, 0.2) is 5.78 Å². The molecule has 1 heterocycles. The summed E-state index contributed by atoms with van der Waals surface area (Å²) in [6.45, 7) is 0.197. The molecule has 16 heavy (non-hydrogen) atoms. The van der Waals surface area contributed by atoms with E-state index in [2.05, 4.69) is 10.4 Å². The van der Waals surface area contributed by atoms with Gasteiger partial charge in [-0.1, -0.05) is 0 Å². The van der Waals surface area contributed by atoms with E-state index in [0.29, 0.717) is 11.1 Å². The van der Waals surface area contributed by atoms with Crippen LogP contribution < -0.4 is 5.32 Å². The Balaban J connectivity index is 2.61. The Hall–Kier alpha value is -1.75. The lowest BCUT2D eigenvalue weighted by atomic mass is 10.1. The molecule has 5 heteroatoms. The molecular weight excluding hydrogens is 209 g/mol. The largest absolute Gasteiger partial charge is 0.313 e. The topological polar surface area (TPSA) is 46.9 Å². The van der Waals surface area contributed by atoms with Crippen molar-refractivity contribution in [3.05, 3.63) is 29.7 Å². The van der Waals surface area contributed by atoms with E-state index in [1.54, 1.807) is 24.8 Å². The fourth-order valence-electron chi connectivity index (χ4n) is 1.69. The predicted molar refractivity (Wildman–Crippen MR) is 58.9 cm³/mol. The molecule has 0 aliphatic rings. The molecule has 2 rings (SSSR count). The van der Waals surface area contributed by atoms with E-state index in [1.807, 2.05) is 0 Å². The van der Waals surface area contributed by atoms with Crippen molar-refractivity contribution in [2.24, 2.45) is 7.05 Å². The summed E-state index contributed by atoms with van der Waals surface area (Å²) in [5.41, 5.74) is 1.06. The third-order valence-corrected chi connectivity index (χ3v) is 2.41. The van der Waals surface area contributed by atoms with E-state index in [-0.39, 0.29) is 18.1 Å². The van der Waals surface area contributed by atoms with Crippen LogP contribution in [0.2, 0.25) is 0 Å². The second-order valence-corrected chi connectivity index (χ2v) is 3.59. The quantitative estimate of drug-likeness (QED) is 0.790. The number of fused-ring (bicyclic) bond motifs is 1. The number of likely N-dealkylation sites (N-methyl/N-ethyl adjacent to an activating group) is 1. The molecule has 0 spiro atoms. The summed E-state index contributed by atoms with van der Waals surface area (Å²) in [7, 11) is 3.42. The number of carbonyl (C=O) groups is 1. The minimum absolute atomic E-state index is 0.140. The molecule has 1 N–H and O–H groups in total. The fraction of sp³-hybridized carbons (Fsp3) is 0.273. The van der Waals surface area contributed by atoms with Crippen LogP contribution in [0.3, 0.4) is 0 Å². The van der Waals surface area contributed by atoms with Crippen molar-refractivity contribution >= 4 is 16.7 Å². The van der Waals surface area contributed by atoms with E-state index in [9.17, 15) is 9.18 Å². The molecule has 0 saturated heterocycles. The van der Waals surface area contributed by atoms with Gasteiger partial charge in [-0.2, -0.15) is 5.10 Å². The molecule has 0 aliphatic carbocycles. The summed E-state index contributed by atoms with van der Waals surface area (Å²) in [6.07, 6.45) is 0. The maximum atomic E-state index is 13.1. The van der Waals surface area contributed by atoms with Gasteiger partial charge in [0, 0.05) is 12.4 Å². The van der Waals surface area contributed by atoms with Crippen LogP contribution in [0.15, 0.2) is 18.2 Å². The molecule has 0 amide bonds. The van der Waals surface area contributed by atoms with E-state index in [1.165, 1.54) is 12.1 Å². The zero-order valence-electron chi connectivity index (χ0n) is 9.12. The first kappa shape index (κ1) is 10.8. The number of halogens is 1. The fourth-order valence-corrected chi connectivity index (χ4v) is 1.69. The van der Waals surface area contributed by atoms with Gasteiger partial charge in [-0.25, -0.2) is 4.39 Å². The summed E-state index contributed by atoms with van der Waals surface area (Å²) < 4.78 is 14.7. The molecule has 0 aliphatic heterocycles. The number of aromatic nitrogens is 2. The lowest BCUT2D eigenvalue weighted by molar-refractivity contribution is 0.0989. The van der Waals surface area contributed by atoms with Crippen LogP contribution in [0.1, 0.15) is 10.5 Å². The predicted octanol–water partition coefficient (Wildman–Crippen LogP) is 1.11. The van der Waals surface area contributed by atoms with E-state index < -0.39 is 0 Å². The summed E-state index contributed by atoms with van der Waals surface area (Å²) in [6, 6.07) is 4.31. The highest BCUT2D eigenvalue weighted by Gasteiger charge is 2.15. The number of carbonyl (C=O) groups excluding carboxylic acids is 1. The molecule has 1 aromatic heterocycles.